The fourth-order valence-corrected chi connectivity index (χ4v) is 3.17. The van der Waals surface area contributed by atoms with Crippen LogP contribution in [-0.4, -0.2) is 32.1 Å². The van der Waals surface area contributed by atoms with E-state index in [1.54, 1.807) is 44.4 Å². The summed E-state index contributed by atoms with van der Waals surface area (Å²) in [5.74, 6) is 1.37. The van der Waals surface area contributed by atoms with Crippen molar-refractivity contribution in [3.63, 3.8) is 0 Å². The van der Waals surface area contributed by atoms with Crippen LogP contribution in [0.5, 0.6) is 11.5 Å². The summed E-state index contributed by atoms with van der Waals surface area (Å²) in [6.07, 6.45) is 0. The van der Waals surface area contributed by atoms with Crippen LogP contribution in [-0.2, 0) is 6.54 Å². The van der Waals surface area contributed by atoms with E-state index in [4.69, 9.17) is 9.47 Å². The van der Waals surface area contributed by atoms with Crippen molar-refractivity contribution in [3.05, 3.63) is 56.5 Å². The number of hydrogen-bond donors (Lipinski definition) is 0. The average Bonchev–Trinajstić information content (AvgIpc) is 2.54. The van der Waals surface area contributed by atoms with Gasteiger partial charge in [-0.1, -0.05) is 15.9 Å². The summed E-state index contributed by atoms with van der Waals surface area (Å²) in [4.78, 5) is 14.2. The number of nitrogens with zero attached hydrogens (tertiary/aromatic N) is 1. The van der Waals surface area contributed by atoms with Crippen molar-refractivity contribution in [1.82, 2.24) is 4.90 Å². The Hall–Kier alpha value is -1.53. The first-order valence-electron chi connectivity index (χ1n) is 6.87. The Labute approximate surface area is 152 Å². The van der Waals surface area contributed by atoms with Gasteiger partial charge in [-0.05, 0) is 52.3 Å². The Kier molecular flexibility index (Phi) is 6.07. The van der Waals surface area contributed by atoms with Gasteiger partial charge in [0.2, 0.25) is 0 Å². The molecule has 2 aromatic rings. The molecule has 2 aromatic carbocycles. The summed E-state index contributed by atoms with van der Waals surface area (Å²) in [5.41, 5.74) is 1.53. The molecule has 0 bridgehead atoms. The van der Waals surface area contributed by atoms with E-state index in [0.717, 1.165) is 20.3 Å². The predicted molar refractivity (Wildman–Crippen MR) is 97.2 cm³/mol. The number of carbonyl (C=O) groups excluding carboxylic acids is 1. The molecule has 0 aliphatic heterocycles. The quantitative estimate of drug-likeness (QED) is 0.684. The highest BCUT2D eigenvalue weighted by Crippen LogP contribution is 2.27. The van der Waals surface area contributed by atoms with Crippen LogP contribution in [0.25, 0.3) is 0 Å². The minimum Gasteiger partial charge on any atom is -0.496 e. The Balaban J connectivity index is 2.20. The fourth-order valence-electron chi connectivity index (χ4n) is 2.22. The van der Waals surface area contributed by atoms with Crippen LogP contribution in [0.1, 0.15) is 15.9 Å². The molecule has 0 aromatic heterocycles. The number of carbonyl (C=O) groups is 1. The van der Waals surface area contributed by atoms with Crippen LogP contribution >= 0.6 is 31.9 Å². The Morgan fingerprint density at radius 1 is 1.04 bits per heavy atom. The van der Waals surface area contributed by atoms with Gasteiger partial charge in [0.05, 0.1) is 18.7 Å². The normalized spacial score (nSPS) is 10.3. The Morgan fingerprint density at radius 2 is 1.70 bits per heavy atom. The molecule has 0 spiro atoms. The van der Waals surface area contributed by atoms with Crippen LogP contribution < -0.4 is 9.47 Å². The third kappa shape index (κ3) is 4.26. The lowest BCUT2D eigenvalue weighted by Crippen LogP contribution is -2.26. The van der Waals surface area contributed by atoms with Crippen molar-refractivity contribution in [2.75, 3.05) is 21.3 Å². The van der Waals surface area contributed by atoms with Crippen molar-refractivity contribution < 1.29 is 14.3 Å². The minimum atomic E-state index is -0.0737. The van der Waals surface area contributed by atoms with Gasteiger partial charge >= 0.3 is 0 Å². The predicted octanol–water partition coefficient (Wildman–Crippen LogP) is 4.50. The molecule has 0 saturated carbocycles. The molecule has 0 saturated heterocycles. The minimum absolute atomic E-state index is 0.0737. The summed E-state index contributed by atoms with van der Waals surface area (Å²) >= 11 is 6.85. The van der Waals surface area contributed by atoms with Crippen LogP contribution in [0.2, 0.25) is 0 Å². The van der Waals surface area contributed by atoms with Crippen molar-refractivity contribution in [1.29, 1.82) is 0 Å². The second-order valence-corrected chi connectivity index (χ2v) is 6.74. The molecular formula is C17H17Br2NO3. The third-order valence-electron chi connectivity index (χ3n) is 3.40. The molecule has 2 rings (SSSR count). The zero-order valence-corrected chi connectivity index (χ0v) is 16.3. The summed E-state index contributed by atoms with van der Waals surface area (Å²) in [5, 5.41) is 0. The van der Waals surface area contributed by atoms with Gasteiger partial charge in [0, 0.05) is 29.2 Å². The number of hydrogen-bond acceptors (Lipinski definition) is 3. The molecule has 1 amide bonds. The third-order valence-corrected chi connectivity index (χ3v) is 4.51. The number of benzene rings is 2. The molecule has 0 aliphatic rings. The maximum Gasteiger partial charge on any atom is 0.253 e. The first-order chi connectivity index (χ1) is 11.0. The van der Waals surface area contributed by atoms with Gasteiger partial charge in [0.1, 0.15) is 11.5 Å². The summed E-state index contributed by atoms with van der Waals surface area (Å²) < 4.78 is 12.2. The SMILES string of the molecule is COc1ccc(C(=O)N(C)Cc2cc(Br)ccc2OC)cc1Br. The van der Waals surface area contributed by atoms with Crippen molar-refractivity contribution >= 4 is 37.8 Å². The highest BCUT2D eigenvalue weighted by Gasteiger charge is 2.16. The zero-order chi connectivity index (χ0) is 17.0. The summed E-state index contributed by atoms with van der Waals surface area (Å²) in [6, 6.07) is 11.0. The van der Waals surface area contributed by atoms with E-state index in [2.05, 4.69) is 31.9 Å². The number of ether oxygens (including phenoxy) is 2. The van der Waals surface area contributed by atoms with E-state index in [-0.39, 0.29) is 5.91 Å². The number of amides is 1. The molecule has 0 atom stereocenters. The van der Waals surface area contributed by atoms with E-state index in [0.29, 0.717) is 17.9 Å². The van der Waals surface area contributed by atoms with Crippen molar-refractivity contribution in [2.24, 2.45) is 0 Å². The molecule has 0 radical (unpaired) electrons. The maximum absolute atomic E-state index is 12.6. The van der Waals surface area contributed by atoms with Crippen molar-refractivity contribution in [3.8, 4) is 11.5 Å². The molecule has 23 heavy (non-hydrogen) atoms. The van der Waals surface area contributed by atoms with Crippen LogP contribution in [0.15, 0.2) is 45.3 Å². The molecule has 0 unspecified atom stereocenters. The number of methoxy groups -OCH3 is 2. The zero-order valence-electron chi connectivity index (χ0n) is 13.1. The molecule has 4 nitrogen and oxygen atoms in total. The summed E-state index contributed by atoms with van der Waals surface area (Å²) in [7, 11) is 4.98. The standard InChI is InChI=1S/C17H17Br2NO3/c1-20(10-12-8-13(18)5-7-15(12)22-2)17(21)11-4-6-16(23-3)14(19)9-11/h4-9H,10H2,1-3H3. The molecule has 0 fully saturated rings. The van der Waals surface area contributed by atoms with Crippen LogP contribution in [0.3, 0.4) is 0 Å². The van der Waals surface area contributed by atoms with Gasteiger partial charge in [0.25, 0.3) is 5.91 Å². The highest BCUT2D eigenvalue weighted by molar-refractivity contribution is 9.10. The van der Waals surface area contributed by atoms with Gasteiger partial charge in [0.15, 0.2) is 0 Å². The molecular weight excluding hydrogens is 426 g/mol. The first-order valence-corrected chi connectivity index (χ1v) is 8.46. The van der Waals surface area contributed by atoms with E-state index in [1.807, 2.05) is 18.2 Å². The topological polar surface area (TPSA) is 38.8 Å². The molecule has 0 N–H and O–H groups in total. The lowest BCUT2D eigenvalue weighted by molar-refractivity contribution is 0.0784. The van der Waals surface area contributed by atoms with E-state index < -0.39 is 0 Å². The maximum atomic E-state index is 12.6. The second-order valence-electron chi connectivity index (χ2n) is 4.97. The van der Waals surface area contributed by atoms with E-state index >= 15 is 0 Å². The van der Waals surface area contributed by atoms with E-state index in [9.17, 15) is 4.79 Å². The van der Waals surface area contributed by atoms with Gasteiger partial charge in [-0.2, -0.15) is 0 Å². The van der Waals surface area contributed by atoms with Crippen LogP contribution in [0.4, 0.5) is 0 Å². The largest absolute Gasteiger partial charge is 0.496 e. The van der Waals surface area contributed by atoms with Gasteiger partial charge in [-0.25, -0.2) is 0 Å². The van der Waals surface area contributed by atoms with Crippen LogP contribution in [0, 0.1) is 0 Å². The van der Waals surface area contributed by atoms with Crippen molar-refractivity contribution in [2.45, 2.75) is 6.54 Å². The average molecular weight is 443 g/mol. The molecule has 6 heteroatoms. The number of rotatable bonds is 5. The monoisotopic (exact) mass is 441 g/mol. The molecule has 0 aliphatic carbocycles. The number of halogens is 2. The van der Waals surface area contributed by atoms with Gasteiger partial charge in [-0.3, -0.25) is 4.79 Å². The van der Waals surface area contributed by atoms with Gasteiger partial charge in [-0.15, -0.1) is 0 Å². The molecule has 0 heterocycles. The lowest BCUT2D eigenvalue weighted by atomic mass is 10.1. The Bertz CT molecular complexity index is 719. The van der Waals surface area contributed by atoms with E-state index in [1.165, 1.54) is 0 Å². The fraction of sp³-hybridized carbons (Fsp3) is 0.235. The lowest BCUT2D eigenvalue weighted by Gasteiger charge is -2.19. The summed E-state index contributed by atoms with van der Waals surface area (Å²) in [6.45, 7) is 0.449. The second kappa shape index (κ2) is 7.84. The molecule has 122 valence electrons. The van der Waals surface area contributed by atoms with Gasteiger partial charge < -0.3 is 14.4 Å². The smallest absolute Gasteiger partial charge is 0.253 e. The first kappa shape index (κ1) is 17.8. The highest BCUT2D eigenvalue weighted by atomic mass is 79.9. The Morgan fingerprint density at radius 3 is 2.30 bits per heavy atom.